The Bertz CT molecular complexity index is 490. The molecule has 0 aliphatic carbocycles. The van der Waals surface area contributed by atoms with Crippen LogP contribution in [0.25, 0.3) is 0 Å². The molecule has 4 nitrogen and oxygen atoms in total. The molecule has 0 aromatic heterocycles. The van der Waals surface area contributed by atoms with Gasteiger partial charge in [0.05, 0.1) is 23.2 Å². The molecular formula is C13H14BrNO3. The van der Waals surface area contributed by atoms with Gasteiger partial charge in [-0.25, -0.2) is 0 Å². The molecule has 0 saturated carbocycles. The van der Waals surface area contributed by atoms with Crippen molar-refractivity contribution >= 4 is 21.8 Å². The zero-order valence-electron chi connectivity index (χ0n) is 9.92. The minimum Gasteiger partial charge on any atom is -0.492 e. The predicted octanol–water partition coefficient (Wildman–Crippen LogP) is 2.20. The fourth-order valence-electron chi connectivity index (χ4n) is 2.65. The van der Waals surface area contributed by atoms with Crippen LogP contribution >= 0.6 is 15.9 Å². The molecule has 0 fully saturated rings. The summed E-state index contributed by atoms with van der Waals surface area (Å²) in [5.41, 5.74) is 7.94. The van der Waals surface area contributed by atoms with Crippen LogP contribution in [0.15, 0.2) is 4.47 Å². The second-order valence-electron chi connectivity index (χ2n) is 4.57. The van der Waals surface area contributed by atoms with Gasteiger partial charge in [-0.1, -0.05) is 0 Å². The first-order chi connectivity index (χ1) is 8.70. The quantitative estimate of drug-likeness (QED) is 0.865. The number of rotatable bonds is 1. The van der Waals surface area contributed by atoms with Crippen molar-refractivity contribution in [2.24, 2.45) is 5.73 Å². The van der Waals surface area contributed by atoms with Crippen LogP contribution in [0.2, 0.25) is 0 Å². The smallest absolute Gasteiger partial charge is 0.252 e. The summed E-state index contributed by atoms with van der Waals surface area (Å²) in [7, 11) is 0. The van der Waals surface area contributed by atoms with Crippen molar-refractivity contribution in [1.82, 2.24) is 0 Å². The number of ether oxygens (including phenoxy) is 2. The van der Waals surface area contributed by atoms with Gasteiger partial charge >= 0.3 is 0 Å². The van der Waals surface area contributed by atoms with E-state index in [9.17, 15) is 4.79 Å². The maximum atomic E-state index is 11.7. The number of hydrogen-bond donors (Lipinski definition) is 1. The Morgan fingerprint density at radius 2 is 1.67 bits per heavy atom. The van der Waals surface area contributed by atoms with E-state index in [2.05, 4.69) is 15.9 Å². The zero-order chi connectivity index (χ0) is 12.7. The molecule has 2 aliphatic heterocycles. The van der Waals surface area contributed by atoms with Gasteiger partial charge in [0.2, 0.25) is 0 Å². The number of halogens is 1. The van der Waals surface area contributed by atoms with Crippen LogP contribution in [0.4, 0.5) is 0 Å². The summed E-state index contributed by atoms with van der Waals surface area (Å²) in [4.78, 5) is 11.7. The van der Waals surface area contributed by atoms with E-state index in [4.69, 9.17) is 15.2 Å². The Morgan fingerprint density at radius 1 is 1.06 bits per heavy atom. The van der Waals surface area contributed by atoms with Crippen LogP contribution in [0.3, 0.4) is 0 Å². The standard InChI is InChI=1S/C13H14BrNO3/c14-10-8-4-2-5-17-11(8)9(13(15)16)7-3-1-6-18-12(7)10/h1-6H2,(H2,15,16). The molecule has 0 radical (unpaired) electrons. The lowest BCUT2D eigenvalue weighted by molar-refractivity contribution is 0.0992. The van der Waals surface area contributed by atoms with Crippen LogP contribution in [-0.4, -0.2) is 19.1 Å². The van der Waals surface area contributed by atoms with Gasteiger partial charge in [-0.15, -0.1) is 0 Å². The van der Waals surface area contributed by atoms with Gasteiger partial charge in [0.15, 0.2) is 0 Å². The number of hydrogen-bond acceptors (Lipinski definition) is 3. The first-order valence-corrected chi connectivity index (χ1v) is 6.92. The van der Waals surface area contributed by atoms with Gasteiger partial charge in [-0.05, 0) is 41.6 Å². The molecule has 18 heavy (non-hydrogen) atoms. The lowest BCUT2D eigenvalue weighted by Gasteiger charge is -2.28. The van der Waals surface area contributed by atoms with Gasteiger partial charge in [-0.3, -0.25) is 4.79 Å². The highest BCUT2D eigenvalue weighted by Crippen LogP contribution is 2.45. The second-order valence-corrected chi connectivity index (χ2v) is 5.37. The van der Waals surface area contributed by atoms with Gasteiger partial charge in [0, 0.05) is 11.1 Å². The van der Waals surface area contributed by atoms with Crippen molar-refractivity contribution in [1.29, 1.82) is 0 Å². The highest BCUT2D eigenvalue weighted by atomic mass is 79.9. The summed E-state index contributed by atoms with van der Waals surface area (Å²) in [6, 6.07) is 0. The summed E-state index contributed by atoms with van der Waals surface area (Å²) >= 11 is 3.58. The molecule has 2 N–H and O–H groups in total. The molecule has 5 heteroatoms. The number of carbonyl (C=O) groups excluding carboxylic acids is 1. The van der Waals surface area contributed by atoms with E-state index in [-0.39, 0.29) is 0 Å². The third-order valence-corrected chi connectivity index (χ3v) is 4.26. The molecule has 96 valence electrons. The summed E-state index contributed by atoms with van der Waals surface area (Å²) in [6.07, 6.45) is 3.54. The van der Waals surface area contributed by atoms with Crippen molar-refractivity contribution in [3.63, 3.8) is 0 Å². The number of primary amides is 1. The van der Waals surface area contributed by atoms with E-state index in [1.165, 1.54) is 0 Å². The van der Waals surface area contributed by atoms with Gasteiger partial charge in [0.1, 0.15) is 11.5 Å². The van der Waals surface area contributed by atoms with Gasteiger partial charge in [0.25, 0.3) is 5.91 Å². The Labute approximate surface area is 114 Å². The Balaban J connectivity index is 2.31. The van der Waals surface area contributed by atoms with Crippen molar-refractivity contribution in [2.75, 3.05) is 13.2 Å². The molecule has 0 unspecified atom stereocenters. The first-order valence-electron chi connectivity index (χ1n) is 6.12. The normalized spacial score (nSPS) is 17.2. The van der Waals surface area contributed by atoms with Crippen molar-refractivity contribution < 1.29 is 14.3 Å². The summed E-state index contributed by atoms with van der Waals surface area (Å²) in [5.74, 6) is 1.01. The number of nitrogens with two attached hydrogens (primary N) is 1. The number of carbonyl (C=O) groups is 1. The molecule has 1 amide bonds. The SMILES string of the molecule is NC(=O)c1c2c(c(Br)c3c1OCCC3)OCCC2. The largest absolute Gasteiger partial charge is 0.492 e. The van der Waals surface area contributed by atoms with E-state index in [1.54, 1.807) is 0 Å². The first kappa shape index (κ1) is 11.8. The molecule has 0 spiro atoms. The van der Waals surface area contributed by atoms with E-state index < -0.39 is 5.91 Å². The van der Waals surface area contributed by atoms with E-state index in [0.29, 0.717) is 24.5 Å². The Kier molecular flexibility index (Phi) is 2.93. The monoisotopic (exact) mass is 311 g/mol. The van der Waals surface area contributed by atoms with E-state index in [1.807, 2.05) is 0 Å². The average molecular weight is 312 g/mol. The van der Waals surface area contributed by atoms with Crippen LogP contribution in [0.1, 0.15) is 34.3 Å². The van der Waals surface area contributed by atoms with Crippen LogP contribution in [-0.2, 0) is 12.8 Å². The predicted molar refractivity (Wildman–Crippen MR) is 70.3 cm³/mol. The molecule has 0 atom stereocenters. The number of fused-ring (bicyclic) bond motifs is 2. The molecule has 2 heterocycles. The summed E-state index contributed by atoms with van der Waals surface area (Å²) in [5, 5.41) is 0. The lowest BCUT2D eigenvalue weighted by Crippen LogP contribution is -2.23. The molecule has 2 aliphatic rings. The second kappa shape index (κ2) is 4.46. The highest BCUT2D eigenvalue weighted by Gasteiger charge is 2.30. The van der Waals surface area contributed by atoms with E-state index >= 15 is 0 Å². The van der Waals surface area contributed by atoms with E-state index in [0.717, 1.165) is 47.0 Å². The van der Waals surface area contributed by atoms with Gasteiger partial charge in [-0.2, -0.15) is 0 Å². The third-order valence-electron chi connectivity index (χ3n) is 3.42. The minimum absolute atomic E-state index is 0.428. The maximum Gasteiger partial charge on any atom is 0.252 e. The molecule has 0 saturated heterocycles. The third kappa shape index (κ3) is 1.68. The van der Waals surface area contributed by atoms with Crippen LogP contribution in [0.5, 0.6) is 11.5 Å². The fourth-order valence-corrected chi connectivity index (χ4v) is 3.38. The van der Waals surface area contributed by atoms with Crippen molar-refractivity contribution in [3.05, 3.63) is 21.2 Å². The van der Waals surface area contributed by atoms with Gasteiger partial charge < -0.3 is 15.2 Å². The number of benzene rings is 1. The lowest BCUT2D eigenvalue weighted by atomic mass is 9.93. The zero-order valence-corrected chi connectivity index (χ0v) is 11.5. The Morgan fingerprint density at radius 3 is 2.33 bits per heavy atom. The number of amides is 1. The van der Waals surface area contributed by atoms with Crippen molar-refractivity contribution in [3.8, 4) is 11.5 Å². The molecule has 3 rings (SSSR count). The molecule has 0 bridgehead atoms. The molecule has 1 aromatic carbocycles. The highest BCUT2D eigenvalue weighted by molar-refractivity contribution is 9.10. The fraction of sp³-hybridized carbons (Fsp3) is 0.462. The van der Waals surface area contributed by atoms with Crippen molar-refractivity contribution in [2.45, 2.75) is 25.7 Å². The summed E-state index contributed by atoms with van der Waals surface area (Å²) in [6.45, 7) is 1.32. The Hall–Kier alpha value is -1.23. The molecule has 1 aromatic rings. The maximum absolute atomic E-state index is 11.7. The minimum atomic E-state index is -0.428. The van der Waals surface area contributed by atoms with Crippen LogP contribution < -0.4 is 15.2 Å². The topological polar surface area (TPSA) is 61.6 Å². The van der Waals surface area contributed by atoms with Crippen LogP contribution in [0, 0.1) is 0 Å². The average Bonchev–Trinajstić information content (AvgIpc) is 2.39. The molecular weight excluding hydrogens is 298 g/mol. The summed E-state index contributed by atoms with van der Waals surface area (Å²) < 4.78 is 12.3.